The van der Waals surface area contributed by atoms with Crippen LogP contribution >= 0.6 is 7.37 Å². The Kier molecular flexibility index (Phi) is 6.10. The van der Waals surface area contributed by atoms with Crippen molar-refractivity contribution in [1.29, 1.82) is 0 Å². The first-order chi connectivity index (χ1) is 13.7. The zero-order valence-corrected chi connectivity index (χ0v) is 17.9. The minimum absolute atomic E-state index is 0.0682. The lowest BCUT2D eigenvalue weighted by Crippen LogP contribution is -2.34. The molecule has 0 saturated carbocycles. The molecule has 0 atom stereocenters. The molecule has 7 nitrogen and oxygen atoms in total. The molecule has 0 aliphatic carbocycles. The van der Waals surface area contributed by atoms with Crippen molar-refractivity contribution in [3.63, 3.8) is 0 Å². The molecular formula is C21H25N2O5P. The summed E-state index contributed by atoms with van der Waals surface area (Å²) in [7, 11) is -2.56. The van der Waals surface area contributed by atoms with Gasteiger partial charge in [-0.2, -0.15) is 0 Å². The van der Waals surface area contributed by atoms with E-state index < -0.39 is 19.4 Å². The highest BCUT2D eigenvalue weighted by Crippen LogP contribution is 2.39. The Balaban J connectivity index is 1.77. The topological polar surface area (TPSA) is 88.7 Å². The molecule has 29 heavy (non-hydrogen) atoms. The van der Waals surface area contributed by atoms with Crippen LogP contribution in [0.15, 0.2) is 30.3 Å². The SMILES string of the molecule is Cc1cc(C)c(/C=C2\C(=O)N(C(=O)OCCCOP(C)(C)=O)c3ccccc32)[nH]1. The van der Waals surface area contributed by atoms with Crippen LogP contribution in [0.2, 0.25) is 0 Å². The van der Waals surface area contributed by atoms with Crippen molar-refractivity contribution in [3.8, 4) is 0 Å². The number of nitrogens with zero attached hydrogens (tertiary/aromatic N) is 1. The molecule has 2 heterocycles. The molecule has 2 amide bonds. The average molecular weight is 416 g/mol. The molecule has 1 aliphatic rings. The van der Waals surface area contributed by atoms with Gasteiger partial charge in [0.15, 0.2) is 7.37 Å². The van der Waals surface area contributed by atoms with E-state index in [1.54, 1.807) is 18.2 Å². The van der Waals surface area contributed by atoms with Crippen molar-refractivity contribution < 1.29 is 23.4 Å². The summed E-state index contributed by atoms with van der Waals surface area (Å²) < 4.78 is 22.0. The molecule has 0 radical (unpaired) electrons. The molecule has 0 spiro atoms. The van der Waals surface area contributed by atoms with Crippen molar-refractivity contribution in [2.75, 3.05) is 31.4 Å². The van der Waals surface area contributed by atoms with Crippen molar-refractivity contribution in [2.24, 2.45) is 0 Å². The predicted molar refractivity (Wildman–Crippen MR) is 113 cm³/mol. The number of imide groups is 1. The van der Waals surface area contributed by atoms with Crippen LogP contribution in [0, 0.1) is 13.8 Å². The maximum Gasteiger partial charge on any atom is 0.421 e. The van der Waals surface area contributed by atoms with Gasteiger partial charge >= 0.3 is 6.09 Å². The minimum atomic E-state index is -2.56. The second kappa shape index (κ2) is 8.39. The van der Waals surface area contributed by atoms with Gasteiger partial charge in [-0.15, -0.1) is 0 Å². The fourth-order valence-electron chi connectivity index (χ4n) is 3.17. The van der Waals surface area contributed by atoms with Crippen LogP contribution in [-0.4, -0.2) is 43.5 Å². The summed E-state index contributed by atoms with van der Waals surface area (Å²) in [5.41, 5.74) is 4.46. The Hall–Kier alpha value is -2.63. The molecule has 0 saturated heterocycles. The number of ether oxygens (including phenoxy) is 1. The maximum absolute atomic E-state index is 13.0. The van der Waals surface area contributed by atoms with Crippen LogP contribution in [-0.2, 0) is 18.6 Å². The molecule has 3 rings (SSSR count). The highest BCUT2D eigenvalue weighted by molar-refractivity contribution is 7.57. The number of aromatic amines is 1. The number of hydrogen-bond acceptors (Lipinski definition) is 5. The highest BCUT2D eigenvalue weighted by atomic mass is 31.2. The number of aryl methyl sites for hydroxylation is 2. The van der Waals surface area contributed by atoms with Crippen LogP contribution < -0.4 is 4.90 Å². The molecular weight excluding hydrogens is 391 g/mol. The Morgan fingerprint density at radius 3 is 2.59 bits per heavy atom. The zero-order valence-electron chi connectivity index (χ0n) is 17.0. The van der Waals surface area contributed by atoms with Crippen molar-refractivity contribution in [2.45, 2.75) is 20.3 Å². The quantitative estimate of drug-likeness (QED) is 0.422. The van der Waals surface area contributed by atoms with E-state index in [4.69, 9.17) is 9.26 Å². The molecule has 0 fully saturated rings. The number of benzene rings is 1. The van der Waals surface area contributed by atoms with E-state index in [0.29, 0.717) is 23.2 Å². The van der Waals surface area contributed by atoms with E-state index in [2.05, 4.69) is 4.98 Å². The molecule has 0 unspecified atom stereocenters. The van der Waals surface area contributed by atoms with Crippen molar-refractivity contribution in [1.82, 2.24) is 4.98 Å². The number of aromatic nitrogens is 1. The number of H-pyrrole nitrogens is 1. The number of rotatable bonds is 6. The highest BCUT2D eigenvalue weighted by Gasteiger charge is 2.37. The van der Waals surface area contributed by atoms with E-state index in [9.17, 15) is 14.2 Å². The van der Waals surface area contributed by atoms with Gasteiger partial charge in [-0.1, -0.05) is 18.2 Å². The van der Waals surface area contributed by atoms with Crippen LogP contribution in [0.5, 0.6) is 0 Å². The number of para-hydroxylation sites is 1. The van der Waals surface area contributed by atoms with Gasteiger partial charge in [0, 0.05) is 36.7 Å². The van der Waals surface area contributed by atoms with Crippen molar-refractivity contribution >= 4 is 36.7 Å². The maximum atomic E-state index is 13.0. The fraction of sp³-hybridized carbons (Fsp3) is 0.333. The van der Waals surface area contributed by atoms with Crippen LogP contribution in [0.25, 0.3) is 11.6 Å². The second-order valence-electron chi connectivity index (χ2n) is 7.32. The molecule has 1 aromatic heterocycles. The predicted octanol–water partition coefficient (Wildman–Crippen LogP) is 4.60. The summed E-state index contributed by atoms with van der Waals surface area (Å²) in [5, 5.41) is 0. The lowest BCUT2D eigenvalue weighted by atomic mass is 10.1. The molecule has 8 heteroatoms. The second-order valence-corrected chi connectivity index (χ2v) is 10.1. The average Bonchev–Trinajstić information content (AvgIpc) is 3.10. The number of anilines is 1. The largest absolute Gasteiger partial charge is 0.449 e. The number of carbonyl (C=O) groups is 2. The third kappa shape index (κ3) is 4.86. The number of fused-ring (bicyclic) bond motifs is 1. The van der Waals surface area contributed by atoms with Crippen LogP contribution in [0.3, 0.4) is 0 Å². The summed E-state index contributed by atoms with van der Waals surface area (Å²) in [5.74, 6) is -0.425. The Morgan fingerprint density at radius 1 is 1.21 bits per heavy atom. The third-order valence-corrected chi connectivity index (χ3v) is 5.25. The van der Waals surface area contributed by atoms with Gasteiger partial charge in [0.1, 0.15) is 0 Å². The molecule has 1 N–H and O–H groups in total. The first-order valence-electron chi connectivity index (χ1n) is 9.35. The first kappa shape index (κ1) is 21.1. The number of hydrogen-bond donors (Lipinski definition) is 1. The Labute approximate surface area is 170 Å². The van der Waals surface area contributed by atoms with Gasteiger partial charge in [0.25, 0.3) is 5.91 Å². The number of amides is 2. The summed E-state index contributed by atoms with van der Waals surface area (Å²) in [6.07, 6.45) is 1.43. The molecule has 154 valence electrons. The summed E-state index contributed by atoms with van der Waals surface area (Å²) in [6, 6.07) is 9.12. The molecule has 0 bridgehead atoms. The van der Waals surface area contributed by atoms with Gasteiger partial charge in [-0.3, -0.25) is 9.36 Å². The lowest BCUT2D eigenvalue weighted by molar-refractivity contribution is -0.112. The summed E-state index contributed by atoms with van der Waals surface area (Å²) >= 11 is 0. The zero-order chi connectivity index (χ0) is 21.2. The number of carbonyl (C=O) groups excluding carboxylic acids is 2. The monoisotopic (exact) mass is 416 g/mol. The Bertz CT molecular complexity index is 1020. The van der Waals surface area contributed by atoms with E-state index in [1.165, 1.54) is 13.3 Å². The van der Waals surface area contributed by atoms with Crippen LogP contribution in [0.4, 0.5) is 10.5 Å². The third-order valence-electron chi connectivity index (χ3n) is 4.45. The van der Waals surface area contributed by atoms with E-state index in [1.807, 2.05) is 32.0 Å². The molecule has 1 aromatic carbocycles. The summed E-state index contributed by atoms with van der Waals surface area (Å²) in [6.45, 7) is 7.25. The van der Waals surface area contributed by atoms with E-state index in [-0.39, 0.29) is 13.2 Å². The van der Waals surface area contributed by atoms with Gasteiger partial charge in [0.2, 0.25) is 0 Å². The standard InChI is InChI=1S/C21H25N2O5P/c1-14-12-15(2)22-18(14)13-17-16-8-5-6-9-19(16)23(20(17)24)21(25)27-10-7-11-28-29(3,4)26/h5-6,8-9,12-13,22H,7,10-11H2,1-4H3/b17-13-. The fourth-order valence-corrected chi connectivity index (χ4v) is 3.74. The van der Waals surface area contributed by atoms with Gasteiger partial charge in [0.05, 0.1) is 24.5 Å². The minimum Gasteiger partial charge on any atom is -0.449 e. The van der Waals surface area contributed by atoms with Gasteiger partial charge < -0.3 is 14.2 Å². The lowest BCUT2D eigenvalue weighted by Gasteiger charge is -2.15. The smallest absolute Gasteiger partial charge is 0.421 e. The van der Waals surface area contributed by atoms with Crippen LogP contribution in [0.1, 0.15) is 28.9 Å². The number of nitrogens with one attached hydrogen (secondary N) is 1. The van der Waals surface area contributed by atoms with E-state index >= 15 is 0 Å². The molecule has 1 aliphatic heterocycles. The Morgan fingerprint density at radius 2 is 1.93 bits per heavy atom. The van der Waals surface area contributed by atoms with Gasteiger partial charge in [-0.05, 0) is 37.6 Å². The summed E-state index contributed by atoms with van der Waals surface area (Å²) in [4.78, 5) is 29.9. The molecule has 2 aromatic rings. The van der Waals surface area contributed by atoms with Gasteiger partial charge in [-0.25, -0.2) is 9.69 Å². The normalized spacial score (nSPS) is 15.1. The van der Waals surface area contributed by atoms with Crippen molar-refractivity contribution in [3.05, 3.63) is 52.8 Å². The van der Waals surface area contributed by atoms with E-state index in [0.717, 1.165) is 21.9 Å². The first-order valence-corrected chi connectivity index (χ1v) is 11.9.